The second kappa shape index (κ2) is 6.69. The van der Waals surface area contributed by atoms with Crippen molar-refractivity contribution in [1.82, 2.24) is 14.9 Å². The Kier molecular flexibility index (Phi) is 5.17. The smallest absolute Gasteiger partial charge is 0.148 e. The molecule has 1 N–H and O–H groups in total. The van der Waals surface area contributed by atoms with Gasteiger partial charge in [0.15, 0.2) is 0 Å². The van der Waals surface area contributed by atoms with Gasteiger partial charge in [-0.05, 0) is 12.8 Å². The lowest BCUT2D eigenvalue weighted by molar-refractivity contribution is 0.230. The lowest BCUT2D eigenvalue weighted by Gasteiger charge is -2.32. The third-order valence-corrected chi connectivity index (χ3v) is 4.58. The van der Waals surface area contributed by atoms with Crippen LogP contribution in [-0.2, 0) is 9.84 Å². The largest absolute Gasteiger partial charge is 0.366 e. The number of nitrogens with one attached hydrogen (secondary N) is 1. The molecule has 0 amide bonds. The molecular formula is C12H19ClN4O2S. The zero-order valence-corrected chi connectivity index (χ0v) is 13.0. The summed E-state index contributed by atoms with van der Waals surface area (Å²) in [5, 5.41) is 3.83. The number of rotatable bonds is 5. The van der Waals surface area contributed by atoms with E-state index < -0.39 is 9.84 Å². The van der Waals surface area contributed by atoms with Crippen molar-refractivity contribution in [2.45, 2.75) is 18.9 Å². The summed E-state index contributed by atoms with van der Waals surface area (Å²) in [7, 11) is -2.88. The highest BCUT2D eigenvalue weighted by molar-refractivity contribution is 7.90. The molecule has 0 aliphatic carbocycles. The predicted molar refractivity (Wildman–Crippen MR) is 79.8 cm³/mol. The molecule has 20 heavy (non-hydrogen) atoms. The Bertz CT molecular complexity index is 544. The maximum absolute atomic E-state index is 11.1. The molecule has 0 atom stereocenters. The molecule has 112 valence electrons. The summed E-state index contributed by atoms with van der Waals surface area (Å²) < 4.78 is 22.3. The van der Waals surface area contributed by atoms with Crippen molar-refractivity contribution in [2.24, 2.45) is 0 Å². The molecule has 1 aliphatic heterocycles. The van der Waals surface area contributed by atoms with Gasteiger partial charge in [0, 0.05) is 31.9 Å². The molecule has 0 unspecified atom stereocenters. The van der Waals surface area contributed by atoms with E-state index in [9.17, 15) is 8.42 Å². The fourth-order valence-electron chi connectivity index (χ4n) is 2.21. The zero-order chi connectivity index (χ0) is 14.6. The SMILES string of the molecule is CS(=O)(=O)CCN1CCC(Nc2ncncc2Cl)CC1. The summed E-state index contributed by atoms with van der Waals surface area (Å²) in [6, 6.07) is 0.317. The number of hydrogen-bond acceptors (Lipinski definition) is 6. The summed E-state index contributed by atoms with van der Waals surface area (Å²) in [5.41, 5.74) is 0. The highest BCUT2D eigenvalue weighted by Crippen LogP contribution is 2.20. The van der Waals surface area contributed by atoms with Crippen LogP contribution in [0.25, 0.3) is 0 Å². The van der Waals surface area contributed by atoms with Gasteiger partial charge in [-0.25, -0.2) is 18.4 Å². The van der Waals surface area contributed by atoms with Gasteiger partial charge in [-0.1, -0.05) is 11.6 Å². The number of anilines is 1. The molecule has 1 aromatic rings. The minimum atomic E-state index is -2.88. The summed E-state index contributed by atoms with van der Waals surface area (Å²) in [5.74, 6) is 0.888. The molecule has 0 spiro atoms. The first kappa shape index (κ1) is 15.5. The number of nitrogens with zero attached hydrogens (tertiary/aromatic N) is 3. The van der Waals surface area contributed by atoms with Crippen molar-refractivity contribution < 1.29 is 8.42 Å². The second-order valence-corrected chi connectivity index (χ2v) is 7.78. The zero-order valence-electron chi connectivity index (χ0n) is 11.4. The van der Waals surface area contributed by atoms with Crippen LogP contribution in [0.1, 0.15) is 12.8 Å². The second-order valence-electron chi connectivity index (χ2n) is 5.11. The molecule has 1 aromatic heterocycles. The summed E-state index contributed by atoms with van der Waals surface area (Å²) >= 11 is 6.01. The monoisotopic (exact) mass is 318 g/mol. The third-order valence-electron chi connectivity index (χ3n) is 3.37. The maximum atomic E-state index is 11.1. The van der Waals surface area contributed by atoms with E-state index in [1.807, 2.05) is 0 Å². The van der Waals surface area contributed by atoms with Crippen LogP contribution in [0.2, 0.25) is 5.02 Å². The van der Waals surface area contributed by atoms with Crippen LogP contribution in [0, 0.1) is 0 Å². The van der Waals surface area contributed by atoms with Gasteiger partial charge in [-0.15, -0.1) is 0 Å². The molecule has 2 rings (SSSR count). The normalized spacial score (nSPS) is 18.1. The molecule has 2 heterocycles. The van der Waals surface area contributed by atoms with E-state index in [1.54, 1.807) is 6.20 Å². The maximum Gasteiger partial charge on any atom is 0.148 e. The van der Waals surface area contributed by atoms with E-state index in [0.717, 1.165) is 25.9 Å². The topological polar surface area (TPSA) is 75.2 Å². The number of aromatic nitrogens is 2. The van der Waals surface area contributed by atoms with Gasteiger partial charge < -0.3 is 10.2 Å². The number of piperidine rings is 1. The molecule has 1 aliphatic rings. The Morgan fingerprint density at radius 2 is 2.15 bits per heavy atom. The highest BCUT2D eigenvalue weighted by Gasteiger charge is 2.20. The van der Waals surface area contributed by atoms with Gasteiger partial charge in [0.2, 0.25) is 0 Å². The fourth-order valence-corrected chi connectivity index (χ4v) is 2.96. The van der Waals surface area contributed by atoms with E-state index >= 15 is 0 Å². The fraction of sp³-hybridized carbons (Fsp3) is 0.667. The van der Waals surface area contributed by atoms with Crippen LogP contribution in [0.15, 0.2) is 12.5 Å². The van der Waals surface area contributed by atoms with E-state index in [4.69, 9.17) is 11.6 Å². The Morgan fingerprint density at radius 1 is 1.45 bits per heavy atom. The van der Waals surface area contributed by atoms with Gasteiger partial charge in [-0.3, -0.25) is 0 Å². The molecule has 1 fully saturated rings. The Morgan fingerprint density at radius 3 is 2.75 bits per heavy atom. The molecular weight excluding hydrogens is 300 g/mol. The molecule has 8 heteroatoms. The lowest BCUT2D eigenvalue weighted by Crippen LogP contribution is -2.41. The van der Waals surface area contributed by atoms with Gasteiger partial charge in [0.05, 0.1) is 11.9 Å². The van der Waals surface area contributed by atoms with Crippen molar-refractivity contribution in [3.63, 3.8) is 0 Å². The van der Waals surface area contributed by atoms with Crippen LogP contribution in [0.4, 0.5) is 5.82 Å². The molecule has 0 saturated carbocycles. The highest BCUT2D eigenvalue weighted by atomic mass is 35.5. The Labute approximate surface area is 124 Å². The quantitative estimate of drug-likeness (QED) is 0.874. The van der Waals surface area contributed by atoms with E-state index in [-0.39, 0.29) is 5.75 Å². The van der Waals surface area contributed by atoms with Gasteiger partial charge >= 0.3 is 0 Å². The molecule has 0 radical (unpaired) electrons. The van der Waals surface area contributed by atoms with Crippen molar-refractivity contribution in [3.05, 3.63) is 17.5 Å². The first-order valence-corrected chi connectivity index (χ1v) is 9.00. The summed E-state index contributed by atoms with van der Waals surface area (Å²) in [6.07, 6.45) is 6.21. The molecule has 6 nitrogen and oxygen atoms in total. The Hall–Kier alpha value is -0.920. The minimum Gasteiger partial charge on any atom is -0.366 e. The predicted octanol–water partition coefficient (Wildman–Crippen LogP) is 1.05. The van der Waals surface area contributed by atoms with Crippen LogP contribution in [-0.4, -0.2) is 61.0 Å². The van der Waals surface area contributed by atoms with E-state index in [0.29, 0.717) is 23.4 Å². The van der Waals surface area contributed by atoms with Crippen LogP contribution in [0.3, 0.4) is 0 Å². The van der Waals surface area contributed by atoms with E-state index in [2.05, 4.69) is 20.2 Å². The number of sulfone groups is 1. The minimum absolute atomic E-state index is 0.225. The molecule has 0 aromatic carbocycles. The summed E-state index contributed by atoms with van der Waals surface area (Å²) in [6.45, 7) is 2.38. The molecule has 1 saturated heterocycles. The van der Waals surface area contributed by atoms with Crippen molar-refractivity contribution >= 4 is 27.3 Å². The number of halogens is 1. The Balaban J connectivity index is 1.79. The van der Waals surface area contributed by atoms with Crippen LogP contribution >= 0.6 is 11.6 Å². The van der Waals surface area contributed by atoms with Gasteiger partial charge in [-0.2, -0.15) is 0 Å². The lowest BCUT2D eigenvalue weighted by atomic mass is 10.1. The van der Waals surface area contributed by atoms with Crippen molar-refractivity contribution in [2.75, 3.05) is 37.0 Å². The van der Waals surface area contributed by atoms with Crippen molar-refractivity contribution in [1.29, 1.82) is 0 Å². The van der Waals surface area contributed by atoms with Crippen LogP contribution in [0.5, 0.6) is 0 Å². The average molecular weight is 319 g/mol. The summed E-state index contributed by atoms with van der Waals surface area (Å²) in [4.78, 5) is 10.1. The van der Waals surface area contributed by atoms with Gasteiger partial charge in [0.25, 0.3) is 0 Å². The first-order valence-electron chi connectivity index (χ1n) is 6.56. The van der Waals surface area contributed by atoms with Crippen molar-refractivity contribution in [3.8, 4) is 0 Å². The van der Waals surface area contributed by atoms with Crippen LogP contribution < -0.4 is 5.32 Å². The van der Waals surface area contributed by atoms with Gasteiger partial charge in [0.1, 0.15) is 27.0 Å². The number of likely N-dealkylation sites (tertiary alicyclic amines) is 1. The number of hydrogen-bond donors (Lipinski definition) is 1. The third kappa shape index (κ3) is 4.88. The first-order chi connectivity index (χ1) is 9.44. The standard InChI is InChI=1S/C12H19ClN4O2S/c1-20(18,19)7-6-17-4-2-10(3-5-17)16-12-11(13)8-14-9-15-12/h8-10H,2-7H2,1H3,(H,14,15,16). The van der Waals surface area contributed by atoms with E-state index in [1.165, 1.54) is 12.6 Å². The average Bonchev–Trinajstić information content (AvgIpc) is 2.40. The molecule has 0 bridgehead atoms.